The number of hydrogen-bond acceptors (Lipinski definition) is 5. The van der Waals surface area contributed by atoms with Gasteiger partial charge >= 0.3 is 5.69 Å². The number of aromatic nitrogens is 3. The van der Waals surface area contributed by atoms with Gasteiger partial charge in [0.1, 0.15) is 10.8 Å². The Kier molecular flexibility index (Phi) is 6.46. The van der Waals surface area contributed by atoms with E-state index in [2.05, 4.69) is 15.3 Å². The van der Waals surface area contributed by atoms with Gasteiger partial charge in [0.05, 0.1) is 12.3 Å². The van der Waals surface area contributed by atoms with Crippen LogP contribution in [0.25, 0.3) is 0 Å². The number of anilines is 1. The van der Waals surface area contributed by atoms with Crippen LogP contribution in [-0.4, -0.2) is 26.2 Å². The SMILES string of the molecule is Cc1ccc(NC(=O)CSc2nc(=O)n(Cc3ccncc3)c3c2CCCC3)cc1F. The van der Waals surface area contributed by atoms with Gasteiger partial charge in [0, 0.05) is 29.3 Å². The lowest BCUT2D eigenvalue weighted by Gasteiger charge is -2.22. The molecule has 1 N–H and O–H groups in total. The second kappa shape index (κ2) is 9.43. The third kappa shape index (κ3) is 5.02. The van der Waals surface area contributed by atoms with Crippen LogP contribution in [0, 0.1) is 12.7 Å². The van der Waals surface area contributed by atoms with Crippen LogP contribution in [0.5, 0.6) is 0 Å². The maximum absolute atomic E-state index is 13.7. The Hall–Kier alpha value is -3.00. The number of carbonyl (C=O) groups is 1. The summed E-state index contributed by atoms with van der Waals surface area (Å²) in [6.45, 7) is 2.13. The fourth-order valence-electron chi connectivity index (χ4n) is 3.70. The van der Waals surface area contributed by atoms with Crippen LogP contribution >= 0.6 is 11.8 Å². The molecule has 0 fully saturated rings. The summed E-state index contributed by atoms with van der Waals surface area (Å²) in [5.41, 5.74) is 3.69. The highest BCUT2D eigenvalue weighted by Gasteiger charge is 2.21. The van der Waals surface area contributed by atoms with Gasteiger partial charge in [-0.2, -0.15) is 4.98 Å². The number of nitrogens with zero attached hydrogens (tertiary/aromatic N) is 3. The number of benzene rings is 1. The average Bonchev–Trinajstić information content (AvgIpc) is 2.78. The maximum Gasteiger partial charge on any atom is 0.349 e. The molecule has 0 radical (unpaired) electrons. The zero-order valence-corrected chi connectivity index (χ0v) is 18.0. The van der Waals surface area contributed by atoms with Gasteiger partial charge in [-0.15, -0.1) is 0 Å². The summed E-state index contributed by atoms with van der Waals surface area (Å²) in [6, 6.07) is 8.38. The molecule has 0 unspecified atom stereocenters. The summed E-state index contributed by atoms with van der Waals surface area (Å²) in [7, 11) is 0. The Morgan fingerprint density at radius 3 is 2.74 bits per heavy atom. The molecule has 31 heavy (non-hydrogen) atoms. The van der Waals surface area contributed by atoms with Crippen molar-refractivity contribution in [1.29, 1.82) is 0 Å². The molecule has 0 bridgehead atoms. The second-order valence-electron chi connectivity index (χ2n) is 7.57. The summed E-state index contributed by atoms with van der Waals surface area (Å²) in [5, 5.41) is 3.32. The molecule has 1 aromatic carbocycles. The summed E-state index contributed by atoms with van der Waals surface area (Å²) < 4.78 is 15.4. The molecule has 0 saturated heterocycles. The predicted molar refractivity (Wildman–Crippen MR) is 119 cm³/mol. The van der Waals surface area contributed by atoms with Crippen molar-refractivity contribution in [2.24, 2.45) is 0 Å². The highest BCUT2D eigenvalue weighted by Crippen LogP contribution is 2.29. The van der Waals surface area contributed by atoms with Crippen LogP contribution in [0.4, 0.5) is 10.1 Å². The zero-order valence-electron chi connectivity index (χ0n) is 17.2. The Morgan fingerprint density at radius 2 is 1.97 bits per heavy atom. The Balaban J connectivity index is 1.52. The standard InChI is InChI=1S/C23H23FN4O2S/c1-15-6-7-17(12-19(15)24)26-21(29)14-31-22-18-4-2-3-5-20(18)28(23(30)27-22)13-16-8-10-25-11-9-16/h6-12H,2-5,13-14H2,1H3,(H,26,29). The van der Waals surface area contributed by atoms with Crippen molar-refractivity contribution in [1.82, 2.24) is 14.5 Å². The number of amides is 1. The predicted octanol–water partition coefficient (Wildman–Crippen LogP) is 3.74. The smallest absolute Gasteiger partial charge is 0.325 e. The van der Waals surface area contributed by atoms with Crippen molar-refractivity contribution in [3.8, 4) is 0 Å². The number of halogens is 1. The van der Waals surface area contributed by atoms with Gasteiger partial charge < -0.3 is 5.32 Å². The van der Waals surface area contributed by atoms with E-state index in [1.54, 1.807) is 36.0 Å². The molecule has 3 aromatic rings. The van der Waals surface area contributed by atoms with E-state index in [1.807, 2.05) is 12.1 Å². The largest absolute Gasteiger partial charge is 0.349 e. The number of pyridine rings is 1. The molecule has 4 rings (SSSR count). The van der Waals surface area contributed by atoms with Gasteiger partial charge in [-0.25, -0.2) is 9.18 Å². The first-order valence-corrected chi connectivity index (χ1v) is 11.2. The van der Waals surface area contributed by atoms with E-state index in [0.29, 0.717) is 22.8 Å². The van der Waals surface area contributed by atoms with Gasteiger partial charge in [-0.3, -0.25) is 14.3 Å². The quantitative estimate of drug-likeness (QED) is 0.469. The van der Waals surface area contributed by atoms with Gasteiger partial charge in [0.25, 0.3) is 0 Å². The van der Waals surface area contributed by atoms with Gasteiger partial charge in [0.2, 0.25) is 5.91 Å². The third-order valence-corrected chi connectivity index (χ3v) is 6.35. The Labute approximate surface area is 183 Å². The van der Waals surface area contributed by atoms with Crippen LogP contribution in [0.1, 0.15) is 35.2 Å². The topological polar surface area (TPSA) is 76.9 Å². The number of aryl methyl sites for hydroxylation is 1. The second-order valence-corrected chi connectivity index (χ2v) is 8.54. The van der Waals surface area contributed by atoms with Gasteiger partial charge in [-0.05, 0) is 68.0 Å². The molecular weight excluding hydrogens is 415 g/mol. The molecule has 160 valence electrons. The molecule has 1 aliphatic carbocycles. The lowest BCUT2D eigenvalue weighted by atomic mass is 9.97. The van der Waals surface area contributed by atoms with Gasteiger partial charge in [0.15, 0.2) is 0 Å². The fourth-order valence-corrected chi connectivity index (χ4v) is 4.58. The van der Waals surface area contributed by atoms with Crippen molar-refractivity contribution < 1.29 is 9.18 Å². The normalized spacial score (nSPS) is 13.0. The minimum absolute atomic E-state index is 0.0999. The molecule has 0 saturated carbocycles. The number of rotatable bonds is 6. The number of hydrogen-bond donors (Lipinski definition) is 1. The van der Waals surface area contributed by atoms with E-state index >= 15 is 0 Å². The van der Waals surface area contributed by atoms with E-state index in [0.717, 1.165) is 42.5 Å². The number of nitrogens with one attached hydrogen (secondary N) is 1. The van der Waals surface area contributed by atoms with Crippen LogP contribution in [0.2, 0.25) is 0 Å². The third-order valence-electron chi connectivity index (χ3n) is 5.34. The molecule has 2 heterocycles. The average molecular weight is 439 g/mol. The Bertz CT molecular complexity index is 1160. The fraction of sp³-hybridized carbons (Fsp3) is 0.304. The van der Waals surface area contributed by atoms with Crippen molar-refractivity contribution >= 4 is 23.4 Å². The molecular formula is C23H23FN4O2S. The first-order chi connectivity index (χ1) is 15.0. The molecule has 1 amide bonds. The zero-order chi connectivity index (χ0) is 21.8. The summed E-state index contributed by atoms with van der Waals surface area (Å²) in [6.07, 6.45) is 7.14. The Morgan fingerprint density at radius 1 is 1.19 bits per heavy atom. The first-order valence-electron chi connectivity index (χ1n) is 10.2. The minimum Gasteiger partial charge on any atom is -0.325 e. The lowest BCUT2D eigenvalue weighted by molar-refractivity contribution is -0.113. The summed E-state index contributed by atoms with van der Waals surface area (Å²) in [5.74, 6) is -0.525. The minimum atomic E-state index is -0.362. The number of fused-ring (bicyclic) bond motifs is 1. The highest BCUT2D eigenvalue weighted by molar-refractivity contribution is 8.00. The molecule has 6 nitrogen and oxygen atoms in total. The van der Waals surface area contributed by atoms with Crippen LogP contribution < -0.4 is 11.0 Å². The van der Waals surface area contributed by atoms with E-state index in [-0.39, 0.29) is 23.2 Å². The van der Waals surface area contributed by atoms with E-state index in [9.17, 15) is 14.0 Å². The number of carbonyl (C=O) groups excluding carboxylic acids is 1. The summed E-state index contributed by atoms with van der Waals surface area (Å²) in [4.78, 5) is 33.5. The first kappa shape index (κ1) is 21.2. The molecule has 0 atom stereocenters. The summed E-state index contributed by atoms with van der Waals surface area (Å²) >= 11 is 1.26. The van der Waals surface area contributed by atoms with Crippen LogP contribution in [0.15, 0.2) is 52.5 Å². The van der Waals surface area contributed by atoms with E-state index < -0.39 is 0 Å². The van der Waals surface area contributed by atoms with E-state index in [1.165, 1.54) is 17.8 Å². The molecule has 8 heteroatoms. The maximum atomic E-state index is 13.7. The van der Waals surface area contributed by atoms with Crippen molar-refractivity contribution in [3.63, 3.8) is 0 Å². The van der Waals surface area contributed by atoms with Crippen LogP contribution in [-0.2, 0) is 24.2 Å². The van der Waals surface area contributed by atoms with Crippen molar-refractivity contribution in [2.45, 2.75) is 44.2 Å². The highest BCUT2D eigenvalue weighted by atomic mass is 32.2. The monoisotopic (exact) mass is 438 g/mol. The molecule has 0 spiro atoms. The van der Waals surface area contributed by atoms with Crippen molar-refractivity contribution in [2.75, 3.05) is 11.1 Å². The van der Waals surface area contributed by atoms with Crippen molar-refractivity contribution in [3.05, 3.63) is 81.4 Å². The van der Waals surface area contributed by atoms with Gasteiger partial charge in [-0.1, -0.05) is 17.8 Å². The molecule has 2 aromatic heterocycles. The lowest BCUT2D eigenvalue weighted by Crippen LogP contribution is -2.30. The van der Waals surface area contributed by atoms with E-state index in [4.69, 9.17) is 0 Å². The number of thioether (sulfide) groups is 1. The molecule has 0 aliphatic heterocycles. The van der Waals surface area contributed by atoms with Crippen LogP contribution in [0.3, 0.4) is 0 Å². The molecule has 1 aliphatic rings.